The summed E-state index contributed by atoms with van der Waals surface area (Å²) in [4.78, 5) is 31.7. The van der Waals surface area contributed by atoms with Crippen LogP contribution in [-0.2, 0) is 9.59 Å². The molecule has 2 amide bonds. The van der Waals surface area contributed by atoms with Gasteiger partial charge < -0.3 is 25.7 Å². The van der Waals surface area contributed by atoms with Crippen molar-refractivity contribution in [3.8, 4) is 5.69 Å². The lowest BCUT2D eigenvalue weighted by molar-refractivity contribution is -0.154. The van der Waals surface area contributed by atoms with Gasteiger partial charge in [-0.05, 0) is 50.5 Å². The highest BCUT2D eigenvalue weighted by Crippen LogP contribution is 2.34. The number of benzene rings is 1. The molecular formula is C24H30N6O4S. The van der Waals surface area contributed by atoms with Crippen LogP contribution in [-0.4, -0.2) is 67.0 Å². The largest absolute Gasteiger partial charge is 0.380 e. The van der Waals surface area contributed by atoms with Crippen LogP contribution in [0.3, 0.4) is 0 Å². The number of aliphatic hydroxyl groups excluding tert-OH is 2. The van der Waals surface area contributed by atoms with Crippen molar-refractivity contribution in [3.63, 3.8) is 0 Å². The van der Waals surface area contributed by atoms with E-state index in [0.29, 0.717) is 13.0 Å². The number of anilines is 1. The molecule has 0 saturated carbocycles. The summed E-state index contributed by atoms with van der Waals surface area (Å²) in [5.41, 5.74) is 2.42. The van der Waals surface area contributed by atoms with E-state index >= 15 is 0 Å². The zero-order valence-corrected chi connectivity index (χ0v) is 20.5. The lowest BCUT2D eigenvalue weighted by Crippen LogP contribution is -2.51. The Kier molecular flexibility index (Phi) is 7.79. The van der Waals surface area contributed by atoms with Crippen molar-refractivity contribution in [3.05, 3.63) is 59.4 Å². The highest BCUT2D eigenvalue weighted by Gasteiger charge is 2.39. The molecule has 4 N–H and O–H groups in total. The third-order valence-electron chi connectivity index (χ3n) is 6.07. The molecule has 11 heteroatoms. The molecule has 4 atom stereocenters. The Balaban J connectivity index is 1.36. The number of carbonyl (C=O) groups is 2. The van der Waals surface area contributed by atoms with E-state index in [2.05, 4.69) is 20.7 Å². The van der Waals surface area contributed by atoms with Crippen LogP contribution in [0.2, 0.25) is 0 Å². The van der Waals surface area contributed by atoms with Crippen molar-refractivity contribution in [2.45, 2.75) is 51.0 Å². The Labute approximate surface area is 207 Å². The van der Waals surface area contributed by atoms with Gasteiger partial charge in [-0.25, -0.2) is 9.67 Å². The van der Waals surface area contributed by atoms with Crippen LogP contribution >= 0.6 is 11.3 Å². The van der Waals surface area contributed by atoms with E-state index < -0.39 is 30.1 Å². The Bertz CT molecular complexity index is 1130. The smallest absolute Gasteiger partial charge is 0.255 e. The van der Waals surface area contributed by atoms with E-state index in [-0.39, 0.29) is 6.04 Å². The van der Waals surface area contributed by atoms with Gasteiger partial charge in [0, 0.05) is 30.9 Å². The third kappa shape index (κ3) is 5.53. The number of hydrogen-bond acceptors (Lipinski definition) is 8. The van der Waals surface area contributed by atoms with Crippen LogP contribution in [0, 0.1) is 0 Å². The van der Waals surface area contributed by atoms with Gasteiger partial charge in [-0.2, -0.15) is 5.10 Å². The summed E-state index contributed by atoms with van der Waals surface area (Å²) in [6, 6.07) is 8.53. The van der Waals surface area contributed by atoms with E-state index in [1.807, 2.05) is 48.8 Å². The Hall–Kier alpha value is -3.28. The first kappa shape index (κ1) is 24.8. The summed E-state index contributed by atoms with van der Waals surface area (Å²) in [6.45, 7) is 4.92. The maximum atomic E-state index is 13.0. The summed E-state index contributed by atoms with van der Waals surface area (Å²) < 4.78 is 1.72. The number of carbonyl (C=O) groups excluding carboxylic acids is 2. The van der Waals surface area contributed by atoms with Crippen molar-refractivity contribution in [2.75, 3.05) is 18.4 Å². The number of aromatic nitrogens is 3. The lowest BCUT2D eigenvalue weighted by atomic mass is 10.1. The Morgan fingerprint density at radius 1 is 1.23 bits per heavy atom. The van der Waals surface area contributed by atoms with Crippen LogP contribution in [0.5, 0.6) is 0 Å². The van der Waals surface area contributed by atoms with Crippen LogP contribution in [0.25, 0.3) is 5.69 Å². The van der Waals surface area contributed by atoms with Crippen molar-refractivity contribution >= 4 is 28.3 Å². The number of likely N-dealkylation sites (tertiary alicyclic amines) is 1. The summed E-state index contributed by atoms with van der Waals surface area (Å²) in [6.07, 6.45) is 1.23. The van der Waals surface area contributed by atoms with Gasteiger partial charge in [0.2, 0.25) is 0 Å². The van der Waals surface area contributed by atoms with Gasteiger partial charge in [0.15, 0.2) is 17.3 Å². The predicted molar refractivity (Wildman–Crippen MR) is 132 cm³/mol. The van der Waals surface area contributed by atoms with E-state index in [1.165, 1.54) is 16.2 Å². The lowest BCUT2D eigenvalue weighted by Gasteiger charge is -2.28. The number of thiazole rings is 1. The zero-order valence-electron chi connectivity index (χ0n) is 19.7. The normalized spacial score (nSPS) is 18.2. The second-order valence-electron chi connectivity index (χ2n) is 8.46. The summed E-state index contributed by atoms with van der Waals surface area (Å²) in [5, 5.41) is 33.7. The fourth-order valence-corrected chi connectivity index (χ4v) is 5.01. The van der Waals surface area contributed by atoms with Gasteiger partial charge in [0.1, 0.15) is 0 Å². The minimum atomic E-state index is -1.89. The van der Waals surface area contributed by atoms with Crippen molar-refractivity contribution in [2.24, 2.45) is 0 Å². The average Bonchev–Trinajstić information content (AvgIpc) is 3.64. The highest BCUT2D eigenvalue weighted by molar-refractivity contribution is 7.13. The molecule has 3 aromatic rings. The predicted octanol–water partition coefficient (Wildman–Crippen LogP) is 2.02. The molecule has 1 aliphatic rings. The first-order valence-corrected chi connectivity index (χ1v) is 12.5. The van der Waals surface area contributed by atoms with Crippen molar-refractivity contribution in [1.82, 2.24) is 25.0 Å². The molecule has 10 nitrogen and oxygen atoms in total. The van der Waals surface area contributed by atoms with E-state index in [0.717, 1.165) is 35.0 Å². The molecular weight excluding hydrogens is 468 g/mol. The van der Waals surface area contributed by atoms with E-state index in [4.69, 9.17) is 0 Å². The molecule has 1 unspecified atom stereocenters. The standard InChI is InChI=1S/C24H30N6O4S/c1-3-25-24-28-18(14-35-24)19-6-4-12-29(19)23(34)21(32)20(31)22(33)27-15(2)16-7-9-17(10-8-16)30-13-5-11-26-30/h5,7-11,13-15,19-21,31-32H,3-4,6,12H2,1-2H3,(H,25,28)(H,27,33)/t15-,19?,20-,21-/m1/s1. The molecule has 1 aromatic carbocycles. The second kappa shape index (κ2) is 11.0. The minimum absolute atomic E-state index is 0.289. The van der Waals surface area contributed by atoms with Crippen LogP contribution in [0.15, 0.2) is 48.1 Å². The van der Waals surface area contributed by atoms with Crippen molar-refractivity contribution in [1.29, 1.82) is 0 Å². The maximum absolute atomic E-state index is 13.0. The molecule has 0 aliphatic carbocycles. The molecule has 1 saturated heterocycles. The number of rotatable bonds is 9. The number of nitrogens with one attached hydrogen (secondary N) is 2. The molecule has 186 valence electrons. The van der Waals surface area contributed by atoms with Crippen molar-refractivity contribution < 1.29 is 19.8 Å². The highest BCUT2D eigenvalue weighted by atomic mass is 32.1. The van der Waals surface area contributed by atoms with Gasteiger partial charge >= 0.3 is 0 Å². The van der Waals surface area contributed by atoms with E-state index in [1.54, 1.807) is 17.8 Å². The van der Waals surface area contributed by atoms with Crippen LogP contribution < -0.4 is 10.6 Å². The number of hydrogen-bond donors (Lipinski definition) is 4. The molecule has 2 aromatic heterocycles. The van der Waals surface area contributed by atoms with Gasteiger partial charge in [-0.3, -0.25) is 9.59 Å². The first-order chi connectivity index (χ1) is 16.9. The van der Waals surface area contributed by atoms with Gasteiger partial charge in [-0.15, -0.1) is 11.3 Å². The quantitative estimate of drug-likeness (QED) is 0.355. The zero-order chi connectivity index (χ0) is 24.9. The molecule has 3 heterocycles. The third-order valence-corrected chi connectivity index (χ3v) is 6.89. The first-order valence-electron chi connectivity index (χ1n) is 11.6. The fraction of sp³-hybridized carbons (Fsp3) is 0.417. The molecule has 1 fully saturated rings. The van der Waals surface area contributed by atoms with Gasteiger partial charge in [0.25, 0.3) is 11.8 Å². The minimum Gasteiger partial charge on any atom is -0.380 e. The fourth-order valence-electron chi connectivity index (χ4n) is 4.18. The number of nitrogens with zero attached hydrogens (tertiary/aromatic N) is 4. The Morgan fingerprint density at radius 3 is 2.69 bits per heavy atom. The summed E-state index contributed by atoms with van der Waals surface area (Å²) >= 11 is 1.46. The maximum Gasteiger partial charge on any atom is 0.255 e. The summed E-state index contributed by atoms with van der Waals surface area (Å²) in [5.74, 6) is -1.49. The molecule has 4 rings (SSSR count). The Morgan fingerprint density at radius 2 is 2.00 bits per heavy atom. The van der Waals surface area contributed by atoms with Crippen LogP contribution in [0.4, 0.5) is 5.13 Å². The second-order valence-corrected chi connectivity index (χ2v) is 9.32. The SMILES string of the molecule is CCNc1nc(C2CCCN2C(=O)[C@H](O)[C@@H](O)C(=O)N[C@H](C)c2ccc(-n3cccn3)cc2)cs1. The number of amides is 2. The monoisotopic (exact) mass is 498 g/mol. The van der Waals surface area contributed by atoms with Gasteiger partial charge in [-0.1, -0.05) is 12.1 Å². The van der Waals surface area contributed by atoms with E-state index in [9.17, 15) is 19.8 Å². The summed E-state index contributed by atoms with van der Waals surface area (Å²) in [7, 11) is 0. The van der Waals surface area contributed by atoms with Crippen LogP contribution in [0.1, 0.15) is 50.0 Å². The molecule has 0 bridgehead atoms. The molecule has 0 radical (unpaired) electrons. The molecule has 35 heavy (non-hydrogen) atoms. The molecule has 0 spiro atoms. The topological polar surface area (TPSA) is 133 Å². The average molecular weight is 499 g/mol. The number of aliphatic hydroxyl groups is 2. The molecule has 1 aliphatic heterocycles. The van der Waals surface area contributed by atoms with Gasteiger partial charge in [0.05, 0.1) is 23.5 Å².